The maximum atomic E-state index is 12.3. The van der Waals surface area contributed by atoms with Crippen molar-refractivity contribution < 1.29 is 9.53 Å². The van der Waals surface area contributed by atoms with Gasteiger partial charge in [0, 0.05) is 10.6 Å². The highest BCUT2D eigenvalue weighted by Crippen LogP contribution is 2.27. The summed E-state index contributed by atoms with van der Waals surface area (Å²) in [4.78, 5) is 12.3. The number of rotatable bonds is 5. The molecule has 0 aliphatic heterocycles. The second kappa shape index (κ2) is 7.85. The Balaban J connectivity index is 1.64. The van der Waals surface area contributed by atoms with E-state index in [4.69, 9.17) is 16.3 Å². The molecule has 0 saturated carbocycles. The summed E-state index contributed by atoms with van der Waals surface area (Å²) >= 11 is 7.18. The Morgan fingerprint density at radius 1 is 1.12 bits per heavy atom. The molecule has 0 saturated heterocycles. The molecular formula is C19H18ClN3O2S. The highest BCUT2D eigenvalue weighted by atomic mass is 35.5. The van der Waals surface area contributed by atoms with Crippen LogP contribution < -0.4 is 10.1 Å². The van der Waals surface area contributed by atoms with Gasteiger partial charge in [-0.1, -0.05) is 41.1 Å². The zero-order chi connectivity index (χ0) is 18.7. The smallest absolute Gasteiger partial charge is 0.266 e. The zero-order valence-electron chi connectivity index (χ0n) is 14.6. The molecule has 2 aromatic carbocycles. The third kappa shape index (κ3) is 4.39. The number of carbonyl (C=O) groups is 1. The lowest BCUT2D eigenvalue weighted by molar-refractivity contribution is -0.122. The van der Waals surface area contributed by atoms with E-state index in [-0.39, 0.29) is 5.91 Å². The molecule has 1 aromatic heterocycles. The van der Waals surface area contributed by atoms with Crippen LogP contribution in [0.3, 0.4) is 0 Å². The molecule has 0 spiro atoms. The lowest BCUT2D eigenvalue weighted by Gasteiger charge is -2.14. The van der Waals surface area contributed by atoms with E-state index in [1.807, 2.05) is 44.2 Å². The average molecular weight is 388 g/mol. The zero-order valence-corrected chi connectivity index (χ0v) is 16.2. The molecule has 0 unspecified atom stereocenters. The number of halogens is 1. The van der Waals surface area contributed by atoms with Gasteiger partial charge in [-0.3, -0.25) is 10.1 Å². The molecule has 7 heteroatoms. The van der Waals surface area contributed by atoms with Crippen molar-refractivity contribution in [3.05, 3.63) is 58.6 Å². The second-order valence-electron chi connectivity index (χ2n) is 5.91. The van der Waals surface area contributed by atoms with Gasteiger partial charge in [0.15, 0.2) is 6.10 Å². The summed E-state index contributed by atoms with van der Waals surface area (Å²) in [5.74, 6) is 0.386. The Morgan fingerprint density at radius 3 is 2.54 bits per heavy atom. The van der Waals surface area contributed by atoms with E-state index in [2.05, 4.69) is 15.5 Å². The minimum absolute atomic E-state index is 0.276. The van der Waals surface area contributed by atoms with Gasteiger partial charge in [0.25, 0.3) is 5.91 Å². The van der Waals surface area contributed by atoms with Crippen LogP contribution in [0.15, 0.2) is 42.5 Å². The van der Waals surface area contributed by atoms with Gasteiger partial charge >= 0.3 is 0 Å². The highest BCUT2D eigenvalue weighted by Gasteiger charge is 2.17. The normalized spacial score (nSPS) is 11.8. The van der Waals surface area contributed by atoms with Gasteiger partial charge in [0.05, 0.1) is 0 Å². The number of amides is 1. The van der Waals surface area contributed by atoms with Crippen LogP contribution in [0, 0.1) is 13.8 Å². The van der Waals surface area contributed by atoms with Gasteiger partial charge in [-0.25, -0.2) is 0 Å². The number of carbonyl (C=O) groups excluding carboxylic acids is 1. The fraction of sp³-hybridized carbons (Fsp3) is 0.211. The second-order valence-corrected chi connectivity index (χ2v) is 7.33. The molecule has 1 amide bonds. The van der Waals surface area contributed by atoms with Gasteiger partial charge in [-0.05, 0) is 56.2 Å². The third-order valence-electron chi connectivity index (χ3n) is 3.91. The van der Waals surface area contributed by atoms with Crippen molar-refractivity contribution in [2.45, 2.75) is 26.9 Å². The van der Waals surface area contributed by atoms with Crippen molar-refractivity contribution in [1.82, 2.24) is 10.2 Å². The number of benzene rings is 2. The van der Waals surface area contributed by atoms with E-state index in [0.29, 0.717) is 20.9 Å². The Bertz CT molecular complexity index is 925. The maximum Gasteiger partial charge on any atom is 0.266 e. The van der Waals surface area contributed by atoms with Crippen LogP contribution in [-0.2, 0) is 4.79 Å². The molecule has 0 bridgehead atoms. The van der Waals surface area contributed by atoms with Crippen molar-refractivity contribution in [2.24, 2.45) is 0 Å². The Kier molecular flexibility index (Phi) is 5.54. The van der Waals surface area contributed by atoms with Gasteiger partial charge in [-0.15, -0.1) is 10.2 Å². The third-order valence-corrected chi connectivity index (χ3v) is 5.05. The van der Waals surface area contributed by atoms with Crippen LogP contribution in [0.1, 0.15) is 18.1 Å². The van der Waals surface area contributed by atoms with E-state index in [9.17, 15) is 4.79 Å². The molecule has 0 radical (unpaired) electrons. The first kappa shape index (κ1) is 18.4. The molecule has 0 aliphatic carbocycles. The molecule has 26 heavy (non-hydrogen) atoms. The summed E-state index contributed by atoms with van der Waals surface area (Å²) in [6.45, 7) is 5.74. The first-order valence-corrected chi connectivity index (χ1v) is 9.26. The van der Waals surface area contributed by atoms with Crippen molar-refractivity contribution in [1.29, 1.82) is 0 Å². The SMILES string of the molecule is Cc1ccc(O[C@H](C)C(=O)Nc2nnc(-c3ccc(Cl)cc3)s2)cc1C. The number of anilines is 1. The first-order chi connectivity index (χ1) is 12.4. The molecule has 5 nitrogen and oxygen atoms in total. The summed E-state index contributed by atoms with van der Waals surface area (Å²) in [6.07, 6.45) is -0.653. The molecule has 134 valence electrons. The molecule has 0 aliphatic rings. The predicted octanol–water partition coefficient (Wildman–Crippen LogP) is 4.88. The summed E-state index contributed by atoms with van der Waals surface area (Å²) in [5.41, 5.74) is 3.19. The molecular weight excluding hydrogens is 370 g/mol. The minimum Gasteiger partial charge on any atom is -0.481 e. The van der Waals surface area contributed by atoms with Gasteiger partial charge in [0.2, 0.25) is 5.13 Å². The number of hydrogen-bond donors (Lipinski definition) is 1. The van der Waals surface area contributed by atoms with Crippen LogP contribution in [0.25, 0.3) is 10.6 Å². The highest BCUT2D eigenvalue weighted by molar-refractivity contribution is 7.18. The average Bonchev–Trinajstić information content (AvgIpc) is 3.07. The summed E-state index contributed by atoms with van der Waals surface area (Å²) in [7, 11) is 0. The van der Waals surface area contributed by atoms with Gasteiger partial charge < -0.3 is 4.74 Å². The van der Waals surface area contributed by atoms with E-state index in [1.54, 1.807) is 19.1 Å². The number of aryl methyl sites for hydroxylation is 2. The molecule has 1 heterocycles. The largest absolute Gasteiger partial charge is 0.481 e. The van der Waals surface area contributed by atoms with E-state index < -0.39 is 6.10 Å². The number of aromatic nitrogens is 2. The number of nitrogens with one attached hydrogen (secondary N) is 1. The fourth-order valence-electron chi connectivity index (χ4n) is 2.23. The minimum atomic E-state index is -0.653. The molecule has 1 N–H and O–H groups in total. The number of nitrogens with zero attached hydrogens (tertiary/aromatic N) is 2. The van der Waals surface area contributed by atoms with Crippen molar-refractivity contribution in [2.75, 3.05) is 5.32 Å². The quantitative estimate of drug-likeness (QED) is 0.677. The molecule has 0 fully saturated rings. The Hall–Kier alpha value is -2.44. The fourth-order valence-corrected chi connectivity index (χ4v) is 3.11. The summed E-state index contributed by atoms with van der Waals surface area (Å²) < 4.78 is 5.72. The van der Waals surface area contributed by atoms with Crippen LogP contribution in [-0.4, -0.2) is 22.2 Å². The van der Waals surface area contributed by atoms with Crippen molar-refractivity contribution in [3.63, 3.8) is 0 Å². The molecule has 3 aromatic rings. The molecule has 3 rings (SSSR count). The van der Waals surface area contributed by atoms with Gasteiger partial charge in [0.1, 0.15) is 10.8 Å². The topological polar surface area (TPSA) is 64.1 Å². The van der Waals surface area contributed by atoms with Crippen molar-refractivity contribution >= 4 is 34.0 Å². The number of ether oxygens (including phenoxy) is 1. The molecule has 1 atom stereocenters. The Morgan fingerprint density at radius 2 is 1.85 bits per heavy atom. The number of hydrogen-bond acceptors (Lipinski definition) is 5. The van der Waals surface area contributed by atoms with Gasteiger partial charge in [-0.2, -0.15) is 0 Å². The lowest BCUT2D eigenvalue weighted by atomic mass is 10.1. The van der Waals surface area contributed by atoms with Crippen LogP contribution >= 0.6 is 22.9 Å². The van der Waals surface area contributed by atoms with E-state index in [1.165, 1.54) is 16.9 Å². The maximum absolute atomic E-state index is 12.3. The van der Waals surface area contributed by atoms with Crippen molar-refractivity contribution in [3.8, 4) is 16.3 Å². The summed E-state index contributed by atoms with van der Waals surface area (Å²) in [5, 5.41) is 12.7. The van der Waals surface area contributed by atoms with E-state index >= 15 is 0 Å². The monoisotopic (exact) mass is 387 g/mol. The standard InChI is InChI=1S/C19H18ClN3O2S/c1-11-4-9-16(10-12(11)2)25-13(3)17(24)21-19-23-22-18(26-19)14-5-7-15(20)8-6-14/h4-10,13H,1-3H3,(H,21,23,24)/t13-/m1/s1. The van der Waals surface area contributed by atoms with Crippen LogP contribution in [0.4, 0.5) is 5.13 Å². The van der Waals surface area contributed by atoms with Crippen LogP contribution in [0.5, 0.6) is 5.75 Å². The first-order valence-electron chi connectivity index (χ1n) is 8.06. The van der Waals surface area contributed by atoms with E-state index in [0.717, 1.165) is 11.1 Å². The Labute approximate surface area is 161 Å². The lowest BCUT2D eigenvalue weighted by Crippen LogP contribution is -2.30. The predicted molar refractivity (Wildman–Crippen MR) is 105 cm³/mol. The summed E-state index contributed by atoms with van der Waals surface area (Å²) in [6, 6.07) is 13.0. The van der Waals surface area contributed by atoms with Crippen LogP contribution in [0.2, 0.25) is 5.02 Å².